The quantitative estimate of drug-likeness (QED) is 0.558. The highest BCUT2D eigenvalue weighted by atomic mass is 16.7. The molecule has 1 atom stereocenters. The molecule has 0 aromatic rings. The molecule has 0 bridgehead atoms. The van der Waals surface area contributed by atoms with E-state index < -0.39 is 0 Å². The highest BCUT2D eigenvalue weighted by molar-refractivity contribution is 5.13. The maximum atomic E-state index is 5.38. The Morgan fingerprint density at radius 3 is 2.62 bits per heavy atom. The van der Waals surface area contributed by atoms with E-state index in [1.165, 1.54) is 37.7 Å². The summed E-state index contributed by atoms with van der Waals surface area (Å²) in [5.41, 5.74) is 1.45. The fourth-order valence-electron chi connectivity index (χ4n) is 2.31. The Morgan fingerprint density at radius 2 is 2.00 bits per heavy atom. The number of ether oxygens (including phenoxy) is 2. The van der Waals surface area contributed by atoms with Gasteiger partial charge in [0, 0.05) is 14.2 Å². The van der Waals surface area contributed by atoms with Crippen LogP contribution in [0.2, 0.25) is 0 Å². The van der Waals surface area contributed by atoms with Crippen LogP contribution in [-0.4, -0.2) is 33.1 Å². The number of methoxy groups -OCH3 is 2. The first kappa shape index (κ1) is 13.7. The summed E-state index contributed by atoms with van der Waals surface area (Å²) in [6, 6.07) is 0.207. The van der Waals surface area contributed by atoms with Crippen molar-refractivity contribution in [1.29, 1.82) is 0 Å². The van der Waals surface area contributed by atoms with Crippen molar-refractivity contribution in [2.75, 3.05) is 20.8 Å². The third-order valence-corrected chi connectivity index (χ3v) is 3.14. The number of hydrogen-bond acceptors (Lipinski definition) is 3. The standard InChI is InChI=1S/C13H25NO2/c1-4-14-12(13(15-2)16-3)11-9-7-5-6-8-10-11/h9,12-14H,4-8,10H2,1-3H3. The second-order valence-corrected chi connectivity index (χ2v) is 4.25. The zero-order valence-corrected chi connectivity index (χ0v) is 10.8. The molecule has 16 heavy (non-hydrogen) atoms. The second kappa shape index (κ2) is 7.82. The predicted octanol–water partition coefficient (Wildman–Crippen LogP) is 2.47. The van der Waals surface area contributed by atoms with Gasteiger partial charge in [-0.25, -0.2) is 0 Å². The third-order valence-electron chi connectivity index (χ3n) is 3.14. The molecule has 0 aromatic heterocycles. The van der Waals surface area contributed by atoms with Crippen LogP contribution in [0.25, 0.3) is 0 Å². The zero-order valence-electron chi connectivity index (χ0n) is 10.8. The van der Waals surface area contributed by atoms with Crippen LogP contribution >= 0.6 is 0 Å². The maximum absolute atomic E-state index is 5.38. The summed E-state index contributed by atoms with van der Waals surface area (Å²) in [5, 5.41) is 3.46. The average molecular weight is 227 g/mol. The first-order chi connectivity index (χ1) is 7.83. The van der Waals surface area contributed by atoms with Crippen molar-refractivity contribution < 1.29 is 9.47 Å². The van der Waals surface area contributed by atoms with Crippen molar-refractivity contribution in [2.45, 2.75) is 51.4 Å². The zero-order chi connectivity index (χ0) is 11.8. The Hall–Kier alpha value is -0.380. The summed E-state index contributed by atoms with van der Waals surface area (Å²) in [7, 11) is 3.41. The average Bonchev–Trinajstić information content (AvgIpc) is 2.58. The molecule has 1 unspecified atom stereocenters. The monoisotopic (exact) mass is 227 g/mol. The minimum Gasteiger partial charge on any atom is -0.354 e. The van der Waals surface area contributed by atoms with Crippen LogP contribution in [0.15, 0.2) is 11.6 Å². The first-order valence-corrected chi connectivity index (χ1v) is 6.31. The van der Waals surface area contributed by atoms with Gasteiger partial charge in [0.1, 0.15) is 0 Å². The van der Waals surface area contributed by atoms with E-state index in [-0.39, 0.29) is 12.3 Å². The van der Waals surface area contributed by atoms with Crippen LogP contribution in [-0.2, 0) is 9.47 Å². The minimum atomic E-state index is -0.177. The number of likely N-dealkylation sites (N-methyl/N-ethyl adjacent to an activating group) is 1. The summed E-state index contributed by atoms with van der Waals surface area (Å²) in [4.78, 5) is 0. The Kier molecular flexibility index (Phi) is 6.69. The van der Waals surface area contributed by atoms with Crippen LogP contribution in [0.3, 0.4) is 0 Å². The van der Waals surface area contributed by atoms with Crippen LogP contribution < -0.4 is 5.32 Å². The summed E-state index contributed by atoms with van der Waals surface area (Å²) in [6.45, 7) is 3.05. The van der Waals surface area contributed by atoms with Gasteiger partial charge in [-0.3, -0.25) is 0 Å². The van der Waals surface area contributed by atoms with Gasteiger partial charge in [0.05, 0.1) is 6.04 Å². The molecule has 0 aliphatic heterocycles. The van der Waals surface area contributed by atoms with Crippen LogP contribution in [0.4, 0.5) is 0 Å². The predicted molar refractivity (Wildman–Crippen MR) is 66.4 cm³/mol. The molecular formula is C13H25NO2. The van der Waals surface area contributed by atoms with Gasteiger partial charge in [-0.1, -0.05) is 25.0 Å². The molecule has 0 aromatic carbocycles. The molecule has 1 rings (SSSR count). The molecule has 1 aliphatic rings. The van der Waals surface area contributed by atoms with E-state index in [0.717, 1.165) is 6.54 Å². The lowest BCUT2D eigenvalue weighted by molar-refractivity contribution is -0.116. The summed E-state index contributed by atoms with van der Waals surface area (Å²) >= 11 is 0. The second-order valence-electron chi connectivity index (χ2n) is 4.25. The van der Waals surface area contributed by atoms with E-state index in [4.69, 9.17) is 9.47 Å². The van der Waals surface area contributed by atoms with Crippen LogP contribution in [0, 0.1) is 0 Å². The van der Waals surface area contributed by atoms with Crippen molar-refractivity contribution in [1.82, 2.24) is 5.32 Å². The number of rotatable bonds is 6. The lowest BCUT2D eigenvalue weighted by Crippen LogP contribution is -2.43. The van der Waals surface area contributed by atoms with E-state index in [1.54, 1.807) is 14.2 Å². The number of nitrogens with one attached hydrogen (secondary N) is 1. The van der Waals surface area contributed by atoms with E-state index in [0.29, 0.717) is 0 Å². The van der Waals surface area contributed by atoms with Crippen molar-refractivity contribution >= 4 is 0 Å². The molecule has 0 fully saturated rings. The highest BCUT2D eigenvalue weighted by Crippen LogP contribution is 2.22. The fraction of sp³-hybridized carbons (Fsp3) is 0.846. The maximum Gasteiger partial charge on any atom is 0.175 e. The Bertz CT molecular complexity index is 212. The smallest absolute Gasteiger partial charge is 0.175 e. The normalized spacial score (nSPS) is 19.4. The van der Waals surface area contributed by atoms with E-state index >= 15 is 0 Å². The number of allylic oxidation sites excluding steroid dienone is 1. The molecule has 3 nitrogen and oxygen atoms in total. The van der Waals surface area contributed by atoms with Crippen molar-refractivity contribution in [3.05, 3.63) is 11.6 Å². The first-order valence-electron chi connectivity index (χ1n) is 6.31. The number of hydrogen-bond donors (Lipinski definition) is 1. The summed E-state index contributed by atoms with van der Waals surface area (Å²) < 4.78 is 10.8. The van der Waals surface area contributed by atoms with E-state index in [9.17, 15) is 0 Å². The molecule has 0 heterocycles. The highest BCUT2D eigenvalue weighted by Gasteiger charge is 2.24. The van der Waals surface area contributed by atoms with Gasteiger partial charge < -0.3 is 14.8 Å². The van der Waals surface area contributed by atoms with Crippen molar-refractivity contribution in [3.8, 4) is 0 Å². The summed E-state index contributed by atoms with van der Waals surface area (Å²) in [6.07, 6.45) is 8.48. The third kappa shape index (κ3) is 3.89. The van der Waals surface area contributed by atoms with Gasteiger partial charge in [-0.15, -0.1) is 0 Å². The van der Waals surface area contributed by atoms with Crippen LogP contribution in [0.5, 0.6) is 0 Å². The molecule has 3 heteroatoms. The Labute approximate surface area is 99.2 Å². The molecule has 0 saturated heterocycles. The minimum absolute atomic E-state index is 0.177. The topological polar surface area (TPSA) is 30.5 Å². The fourth-order valence-corrected chi connectivity index (χ4v) is 2.31. The summed E-state index contributed by atoms with van der Waals surface area (Å²) in [5.74, 6) is 0. The lowest BCUT2D eigenvalue weighted by Gasteiger charge is -2.27. The Morgan fingerprint density at radius 1 is 1.25 bits per heavy atom. The van der Waals surface area contributed by atoms with Crippen LogP contribution in [0.1, 0.15) is 39.0 Å². The van der Waals surface area contributed by atoms with Gasteiger partial charge in [0.25, 0.3) is 0 Å². The molecule has 0 radical (unpaired) electrons. The Balaban J connectivity index is 2.69. The molecule has 94 valence electrons. The van der Waals surface area contributed by atoms with E-state index in [2.05, 4.69) is 18.3 Å². The molecule has 0 spiro atoms. The SMILES string of the molecule is CCNC(C1=CCCCCC1)C(OC)OC. The van der Waals surface area contributed by atoms with E-state index in [1.807, 2.05) is 0 Å². The van der Waals surface area contributed by atoms with Gasteiger partial charge in [0.15, 0.2) is 6.29 Å². The van der Waals surface area contributed by atoms with Gasteiger partial charge >= 0.3 is 0 Å². The molecule has 0 amide bonds. The molecular weight excluding hydrogens is 202 g/mol. The molecule has 0 saturated carbocycles. The van der Waals surface area contributed by atoms with Gasteiger partial charge in [-0.2, -0.15) is 0 Å². The largest absolute Gasteiger partial charge is 0.354 e. The molecule has 1 aliphatic carbocycles. The van der Waals surface area contributed by atoms with Gasteiger partial charge in [-0.05, 0) is 32.2 Å². The van der Waals surface area contributed by atoms with Gasteiger partial charge in [0.2, 0.25) is 0 Å². The van der Waals surface area contributed by atoms with Crippen molar-refractivity contribution in [2.24, 2.45) is 0 Å². The van der Waals surface area contributed by atoms with Crippen molar-refractivity contribution in [3.63, 3.8) is 0 Å². The molecule has 1 N–H and O–H groups in total. The lowest BCUT2D eigenvalue weighted by atomic mass is 10.0.